The standard InChI is InChI=1S/C6H13NO2/c1-2-3-4-5-9-7-6-8/h6H,2-5H2,1H3,(H,7,8). The summed E-state index contributed by atoms with van der Waals surface area (Å²) in [5, 5.41) is 0. The van der Waals surface area contributed by atoms with Crippen molar-refractivity contribution in [2.24, 2.45) is 0 Å². The molecule has 0 aliphatic heterocycles. The van der Waals surface area contributed by atoms with Gasteiger partial charge in [-0.1, -0.05) is 19.8 Å². The fraction of sp³-hybridized carbons (Fsp3) is 0.833. The first-order chi connectivity index (χ1) is 4.41. The molecule has 1 amide bonds. The third-order valence-corrected chi connectivity index (χ3v) is 0.981. The van der Waals surface area contributed by atoms with Crippen molar-refractivity contribution in [1.82, 2.24) is 5.48 Å². The lowest BCUT2D eigenvalue weighted by atomic mass is 10.3. The average Bonchev–Trinajstić information content (AvgIpc) is 1.89. The molecule has 0 saturated heterocycles. The van der Waals surface area contributed by atoms with Gasteiger partial charge in [0, 0.05) is 0 Å². The largest absolute Gasteiger partial charge is 0.277 e. The molecule has 3 nitrogen and oxygen atoms in total. The highest BCUT2D eigenvalue weighted by Gasteiger charge is 1.83. The summed E-state index contributed by atoms with van der Waals surface area (Å²) in [4.78, 5) is 14.3. The minimum absolute atomic E-state index is 0.534. The van der Waals surface area contributed by atoms with Gasteiger partial charge < -0.3 is 0 Å². The van der Waals surface area contributed by atoms with Crippen molar-refractivity contribution in [2.75, 3.05) is 6.61 Å². The first-order valence-electron chi connectivity index (χ1n) is 3.22. The monoisotopic (exact) mass is 131 g/mol. The molecule has 0 fully saturated rings. The maximum atomic E-state index is 9.60. The Hall–Kier alpha value is -0.570. The molecule has 1 N–H and O–H groups in total. The topological polar surface area (TPSA) is 38.3 Å². The van der Waals surface area contributed by atoms with Gasteiger partial charge in [0.1, 0.15) is 0 Å². The molecule has 0 bridgehead atoms. The predicted octanol–water partition coefficient (Wildman–Crippen LogP) is 0.854. The maximum Gasteiger partial charge on any atom is 0.230 e. The normalized spacial score (nSPS) is 9.00. The second-order valence-electron chi connectivity index (χ2n) is 1.79. The van der Waals surface area contributed by atoms with Gasteiger partial charge in [-0.2, -0.15) is 0 Å². The van der Waals surface area contributed by atoms with Crippen LogP contribution in [-0.4, -0.2) is 13.0 Å². The molecule has 0 heterocycles. The fourth-order valence-electron chi connectivity index (χ4n) is 0.517. The first-order valence-corrected chi connectivity index (χ1v) is 3.22. The van der Waals surface area contributed by atoms with E-state index in [0.29, 0.717) is 13.0 Å². The van der Waals surface area contributed by atoms with Crippen LogP contribution in [0, 0.1) is 0 Å². The van der Waals surface area contributed by atoms with Gasteiger partial charge in [-0.3, -0.25) is 9.63 Å². The summed E-state index contributed by atoms with van der Waals surface area (Å²) in [5.41, 5.74) is 2.13. The lowest BCUT2D eigenvalue weighted by molar-refractivity contribution is -0.120. The van der Waals surface area contributed by atoms with Gasteiger partial charge in [0.05, 0.1) is 6.61 Å². The lowest BCUT2D eigenvalue weighted by Crippen LogP contribution is -2.12. The second-order valence-corrected chi connectivity index (χ2v) is 1.79. The van der Waals surface area contributed by atoms with E-state index in [1.165, 1.54) is 6.42 Å². The summed E-state index contributed by atoms with van der Waals surface area (Å²) in [5.74, 6) is 0. The molecule has 0 saturated carbocycles. The van der Waals surface area contributed by atoms with Crippen molar-refractivity contribution in [2.45, 2.75) is 26.2 Å². The maximum absolute atomic E-state index is 9.60. The molecule has 0 rings (SSSR count). The Morgan fingerprint density at radius 1 is 1.56 bits per heavy atom. The van der Waals surface area contributed by atoms with E-state index in [1.54, 1.807) is 0 Å². The molecular formula is C6H13NO2. The van der Waals surface area contributed by atoms with E-state index < -0.39 is 0 Å². The summed E-state index contributed by atoms with van der Waals surface area (Å²) in [6, 6.07) is 0. The van der Waals surface area contributed by atoms with Crippen LogP contribution in [-0.2, 0) is 9.63 Å². The highest BCUT2D eigenvalue weighted by Crippen LogP contribution is 1.91. The van der Waals surface area contributed by atoms with Crippen LogP contribution in [0.3, 0.4) is 0 Å². The van der Waals surface area contributed by atoms with Gasteiger partial charge in [0.2, 0.25) is 6.41 Å². The molecular weight excluding hydrogens is 118 g/mol. The third-order valence-electron chi connectivity index (χ3n) is 0.981. The Morgan fingerprint density at radius 2 is 2.33 bits per heavy atom. The highest BCUT2D eigenvalue weighted by atomic mass is 16.6. The van der Waals surface area contributed by atoms with Gasteiger partial charge in [-0.25, -0.2) is 5.48 Å². The van der Waals surface area contributed by atoms with Crippen LogP contribution in [0.25, 0.3) is 0 Å². The minimum Gasteiger partial charge on any atom is -0.277 e. The smallest absolute Gasteiger partial charge is 0.230 e. The second kappa shape index (κ2) is 7.43. The van der Waals surface area contributed by atoms with Crippen LogP contribution in [0.4, 0.5) is 0 Å². The number of rotatable bonds is 6. The Bertz CT molecular complexity index is 66.1. The van der Waals surface area contributed by atoms with Crippen molar-refractivity contribution < 1.29 is 9.63 Å². The van der Waals surface area contributed by atoms with Gasteiger partial charge in [-0.15, -0.1) is 0 Å². The van der Waals surface area contributed by atoms with Crippen molar-refractivity contribution in [3.05, 3.63) is 0 Å². The lowest BCUT2D eigenvalue weighted by Gasteiger charge is -1.97. The van der Waals surface area contributed by atoms with Crippen LogP contribution in [0.2, 0.25) is 0 Å². The Labute approximate surface area is 55.3 Å². The average molecular weight is 131 g/mol. The molecule has 0 aromatic heterocycles. The molecule has 0 aromatic rings. The van der Waals surface area contributed by atoms with E-state index in [4.69, 9.17) is 0 Å². The minimum atomic E-state index is 0.534. The number of nitrogens with one attached hydrogen (secondary N) is 1. The highest BCUT2D eigenvalue weighted by molar-refractivity contribution is 5.43. The molecule has 0 aromatic carbocycles. The van der Waals surface area contributed by atoms with Gasteiger partial charge in [0.25, 0.3) is 0 Å². The Balaban J connectivity index is 2.66. The van der Waals surface area contributed by atoms with Crippen molar-refractivity contribution in [3.8, 4) is 0 Å². The quantitative estimate of drug-likeness (QED) is 0.330. The molecule has 0 aliphatic carbocycles. The number of amides is 1. The summed E-state index contributed by atoms with van der Waals surface area (Å²) in [7, 11) is 0. The number of carbonyl (C=O) groups is 1. The summed E-state index contributed by atoms with van der Waals surface area (Å²) in [6.07, 6.45) is 3.87. The molecule has 0 spiro atoms. The Morgan fingerprint density at radius 3 is 2.89 bits per heavy atom. The molecule has 0 unspecified atom stereocenters. The molecule has 54 valence electrons. The summed E-state index contributed by atoms with van der Waals surface area (Å²) < 4.78 is 0. The van der Waals surface area contributed by atoms with Gasteiger partial charge in [-0.05, 0) is 6.42 Å². The SMILES string of the molecule is CCCCCONC=O. The Kier molecular flexibility index (Phi) is 6.96. The molecule has 9 heavy (non-hydrogen) atoms. The van der Waals surface area contributed by atoms with Crippen LogP contribution < -0.4 is 5.48 Å². The molecule has 0 aliphatic rings. The zero-order valence-corrected chi connectivity index (χ0v) is 5.72. The number of unbranched alkanes of at least 4 members (excludes halogenated alkanes) is 2. The molecule has 3 heteroatoms. The van der Waals surface area contributed by atoms with Crippen molar-refractivity contribution in [3.63, 3.8) is 0 Å². The zero-order valence-electron chi connectivity index (χ0n) is 5.72. The van der Waals surface area contributed by atoms with Crippen LogP contribution in [0.1, 0.15) is 26.2 Å². The van der Waals surface area contributed by atoms with Crippen molar-refractivity contribution in [1.29, 1.82) is 0 Å². The predicted molar refractivity (Wildman–Crippen MR) is 34.7 cm³/mol. The number of hydroxylamine groups is 1. The van der Waals surface area contributed by atoms with Crippen molar-refractivity contribution >= 4 is 6.41 Å². The van der Waals surface area contributed by atoms with E-state index in [2.05, 4.69) is 17.2 Å². The first kappa shape index (κ1) is 8.43. The number of hydrogen-bond acceptors (Lipinski definition) is 2. The number of hydrogen-bond donors (Lipinski definition) is 1. The third kappa shape index (κ3) is 7.43. The van der Waals surface area contributed by atoms with E-state index in [0.717, 1.165) is 12.8 Å². The van der Waals surface area contributed by atoms with Gasteiger partial charge >= 0.3 is 0 Å². The zero-order chi connectivity index (χ0) is 6.95. The van der Waals surface area contributed by atoms with E-state index in [1.807, 2.05) is 0 Å². The van der Waals surface area contributed by atoms with Crippen LogP contribution in [0.5, 0.6) is 0 Å². The fourth-order valence-corrected chi connectivity index (χ4v) is 0.517. The van der Waals surface area contributed by atoms with E-state index in [-0.39, 0.29) is 0 Å². The van der Waals surface area contributed by atoms with Crippen LogP contribution in [0.15, 0.2) is 0 Å². The molecule has 0 radical (unpaired) electrons. The number of carbonyl (C=O) groups excluding carboxylic acids is 1. The summed E-state index contributed by atoms with van der Waals surface area (Å²) >= 11 is 0. The van der Waals surface area contributed by atoms with E-state index >= 15 is 0 Å². The van der Waals surface area contributed by atoms with E-state index in [9.17, 15) is 4.79 Å². The van der Waals surface area contributed by atoms with Gasteiger partial charge in [0.15, 0.2) is 0 Å². The summed E-state index contributed by atoms with van der Waals surface area (Å²) in [6.45, 7) is 2.74. The molecule has 0 atom stereocenters. The van der Waals surface area contributed by atoms with Crippen LogP contribution >= 0.6 is 0 Å².